The number of hydrogen-bond donors (Lipinski definition) is 2. The monoisotopic (exact) mass is 393 g/mol. The molecule has 1 amide bonds. The Kier molecular flexibility index (Phi) is 5.07. The molecule has 8 nitrogen and oxygen atoms in total. The maximum atomic E-state index is 12.4. The van der Waals surface area contributed by atoms with Gasteiger partial charge in [0, 0.05) is 17.3 Å². The van der Waals surface area contributed by atoms with E-state index in [2.05, 4.69) is 15.6 Å². The Labute approximate surface area is 167 Å². The second-order valence-electron chi connectivity index (χ2n) is 6.15. The Morgan fingerprint density at radius 2 is 1.72 bits per heavy atom. The summed E-state index contributed by atoms with van der Waals surface area (Å²) in [5, 5.41) is 5.99. The lowest BCUT2D eigenvalue weighted by Gasteiger charge is -2.11. The number of benzene rings is 2. The predicted molar refractivity (Wildman–Crippen MR) is 108 cm³/mol. The molecule has 0 atom stereocenters. The highest BCUT2D eigenvalue weighted by molar-refractivity contribution is 6.04. The van der Waals surface area contributed by atoms with Gasteiger partial charge >= 0.3 is 0 Å². The summed E-state index contributed by atoms with van der Waals surface area (Å²) >= 11 is 0. The Morgan fingerprint density at radius 3 is 2.48 bits per heavy atom. The predicted octanol–water partition coefficient (Wildman–Crippen LogP) is 3.82. The van der Waals surface area contributed by atoms with Crippen LogP contribution in [0.5, 0.6) is 23.0 Å². The first-order valence-corrected chi connectivity index (χ1v) is 8.82. The summed E-state index contributed by atoms with van der Waals surface area (Å²) in [5.41, 5.74) is 1.85. The van der Waals surface area contributed by atoms with Gasteiger partial charge in [-0.05, 0) is 42.5 Å². The molecule has 0 bridgehead atoms. The van der Waals surface area contributed by atoms with Crippen LogP contribution in [0, 0.1) is 0 Å². The Morgan fingerprint density at radius 1 is 0.931 bits per heavy atom. The van der Waals surface area contributed by atoms with Crippen LogP contribution in [0.25, 0.3) is 0 Å². The minimum atomic E-state index is -0.259. The molecule has 2 N–H and O–H groups in total. The lowest BCUT2D eigenvalue weighted by molar-refractivity contribution is 0.102. The summed E-state index contributed by atoms with van der Waals surface area (Å²) in [6, 6.07) is 14.1. The molecule has 1 aromatic heterocycles. The highest BCUT2D eigenvalue weighted by Crippen LogP contribution is 2.33. The van der Waals surface area contributed by atoms with Crippen LogP contribution >= 0.6 is 0 Å². The summed E-state index contributed by atoms with van der Waals surface area (Å²) in [6.07, 6.45) is 1.58. The largest absolute Gasteiger partial charge is 0.493 e. The average Bonchev–Trinajstić information content (AvgIpc) is 3.23. The lowest BCUT2D eigenvalue weighted by Crippen LogP contribution is -2.12. The molecule has 1 aliphatic rings. The number of carbonyl (C=O) groups is 1. The molecule has 0 radical (unpaired) electrons. The number of anilines is 3. The van der Waals surface area contributed by atoms with Gasteiger partial charge < -0.3 is 29.6 Å². The normalized spacial score (nSPS) is 11.7. The van der Waals surface area contributed by atoms with Gasteiger partial charge in [0.1, 0.15) is 5.82 Å². The molecule has 0 saturated carbocycles. The summed E-state index contributed by atoms with van der Waals surface area (Å²) in [5.74, 6) is 2.82. The highest BCUT2D eigenvalue weighted by Gasteiger charge is 2.16. The van der Waals surface area contributed by atoms with Crippen molar-refractivity contribution in [3.05, 3.63) is 60.3 Å². The minimum Gasteiger partial charge on any atom is -0.493 e. The van der Waals surface area contributed by atoms with Crippen molar-refractivity contribution in [1.82, 2.24) is 4.98 Å². The summed E-state index contributed by atoms with van der Waals surface area (Å²) in [6.45, 7) is 0.166. The van der Waals surface area contributed by atoms with E-state index in [1.54, 1.807) is 56.8 Å². The van der Waals surface area contributed by atoms with Gasteiger partial charge in [-0.3, -0.25) is 4.79 Å². The smallest absolute Gasteiger partial charge is 0.255 e. The Bertz CT molecular complexity index is 1040. The first-order chi connectivity index (χ1) is 14.2. The third kappa shape index (κ3) is 4.01. The standard InChI is InChI=1S/C21H19N3O5/c1-26-16-7-4-14(10-18(16)27-2)23-20-8-5-15(11-22-20)24-21(25)13-3-6-17-19(9-13)29-12-28-17/h3-11H,12H2,1-2H3,(H,22,23)(H,24,25). The maximum absolute atomic E-state index is 12.4. The van der Waals surface area contributed by atoms with Crippen LogP contribution < -0.4 is 29.6 Å². The number of ether oxygens (including phenoxy) is 4. The van der Waals surface area contributed by atoms with Crippen LogP contribution in [-0.4, -0.2) is 31.9 Å². The lowest BCUT2D eigenvalue weighted by atomic mass is 10.2. The quantitative estimate of drug-likeness (QED) is 0.658. The van der Waals surface area contributed by atoms with Crippen molar-refractivity contribution in [2.75, 3.05) is 31.6 Å². The van der Waals surface area contributed by atoms with E-state index in [0.717, 1.165) is 5.69 Å². The molecule has 4 rings (SSSR count). The molecule has 148 valence electrons. The van der Waals surface area contributed by atoms with Crippen LogP contribution in [0.2, 0.25) is 0 Å². The molecule has 0 fully saturated rings. The topological polar surface area (TPSA) is 90.9 Å². The Hall–Kier alpha value is -3.94. The van der Waals surface area contributed by atoms with Crippen molar-refractivity contribution < 1.29 is 23.7 Å². The number of carbonyl (C=O) groups excluding carboxylic acids is 1. The molecule has 8 heteroatoms. The number of hydrogen-bond acceptors (Lipinski definition) is 7. The van der Waals surface area contributed by atoms with Crippen LogP contribution in [0.1, 0.15) is 10.4 Å². The van der Waals surface area contributed by atoms with Crippen molar-refractivity contribution in [2.24, 2.45) is 0 Å². The van der Waals surface area contributed by atoms with Crippen LogP contribution in [0.3, 0.4) is 0 Å². The van der Waals surface area contributed by atoms with Gasteiger partial charge in [0.25, 0.3) is 5.91 Å². The van der Waals surface area contributed by atoms with Crippen molar-refractivity contribution in [1.29, 1.82) is 0 Å². The van der Waals surface area contributed by atoms with Crippen molar-refractivity contribution >= 4 is 23.1 Å². The second kappa shape index (κ2) is 7.97. The first kappa shape index (κ1) is 18.4. The van der Waals surface area contributed by atoms with E-state index < -0.39 is 0 Å². The van der Waals surface area contributed by atoms with E-state index in [1.165, 1.54) is 0 Å². The van der Waals surface area contributed by atoms with Gasteiger partial charge in [0.2, 0.25) is 6.79 Å². The van der Waals surface area contributed by atoms with E-state index >= 15 is 0 Å². The molecule has 0 aliphatic carbocycles. The van der Waals surface area contributed by atoms with Crippen LogP contribution in [-0.2, 0) is 0 Å². The number of fused-ring (bicyclic) bond motifs is 1. The third-order valence-corrected chi connectivity index (χ3v) is 4.31. The molecule has 2 aromatic carbocycles. The zero-order valence-electron chi connectivity index (χ0n) is 15.9. The van der Waals surface area contributed by atoms with Gasteiger partial charge in [-0.25, -0.2) is 4.98 Å². The fourth-order valence-electron chi connectivity index (χ4n) is 2.84. The number of amides is 1. The van der Waals surface area contributed by atoms with Gasteiger partial charge in [-0.1, -0.05) is 0 Å². The van der Waals surface area contributed by atoms with Crippen molar-refractivity contribution in [2.45, 2.75) is 0 Å². The second-order valence-corrected chi connectivity index (χ2v) is 6.15. The fraction of sp³-hybridized carbons (Fsp3) is 0.143. The Balaban J connectivity index is 1.42. The highest BCUT2D eigenvalue weighted by atomic mass is 16.7. The fourth-order valence-corrected chi connectivity index (χ4v) is 2.84. The van der Waals surface area contributed by atoms with Gasteiger partial charge in [0.05, 0.1) is 26.1 Å². The molecule has 0 unspecified atom stereocenters. The number of aromatic nitrogens is 1. The maximum Gasteiger partial charge on any atom is 0.255 e. The van der Waals surface area contributed by atoms with E-state index in [9.17, 15) is 4.79 Å². The SMILES string of the molecule is COc1ccc(Nc2ccc(NC(=O)c3ccc4c(c3)OCO4)cn2)cc1OC. The number of rotatable bonds is 6. The molecule has 0 spiro atoms. The number of pyridine rings is 1. The zero-order chi connectivity index (χ0) is 20.2. The number of nitrogens with zero attached hydrogens (tertiary/aromatic N) is 1. The molecule has 3 aromatic rings. The van der Waals surface area contributed by atoms with Crippen molar-refractivity contribution in [3.63, 3.8) is 0 Å². The van der Waals surface area contributed by atoms with Crippen LogP contribution in [0.15, 0.2) is 54.7 Å². The molecular formula is C21H19N3O5. The molecule has 0 saturated heterocycles. The van der Waals surface area contributed by atoms with E-state index in [0.29, 0.717) is 40.1 Å². The van der Waals surface area contributed by atoms with E-state index in [-0.39, 0.29) is 12.7 Å². The van der Waals surface area contributed by atoms with E-state index in [4.69, 9.17) is 18.9 Å². The first-order valence-electron chi connectivity index (χ1n) is 8.82. The molecule has 1 aliphatic heterocycles. The van der Waals surface area contributed by atoms with Crippen LogP contribution in [0.4, 0.5) is 17.2 Å². The van der Waals surface area contributed by atoms with Gasteiger partial charge in [-0.15, -0.1) is 0 Å². The minimum absolute atomic E-state index is 0.166. The molecule has 2 heterocycles. The van der Waals surface area contributed by atoms with Gasteiger partial charge in [0.15, 0.2) is 23.0 Å². The summed E-state index contributed by atoms with van der Waals surface area (Å²) in [7, 11) is 3.17. The summed E-state index contributed by atoms with van der Waals surface area (Å²) < 4.78 is 21.1. The van der Waals surface area contributed by atoms with Crippen molar-refractivity contribution in [3.8, 4) is 23.0 Å². The van der Waals surface area contributed by atoms with Gasteiger partial charge in [-0.2, -0.15) is 0 Å². The average molecular weight is 393 g/mol. The third-order valence-electron chi connectivity index (χ3n) is 4.31. The summed E-state index contributed by atoms with van der Waals surface area (Å²) in [4.78, 5) is 16.8. The molecular weight excluding hydrogens is 374 g/mol. The van der Waals surface area contributed by atoms with E-state index in [1.807, 2.05) is 12.1 Å². The number of nitrogens with one attached hydrogen (secondary N) is 2. The number of methoxy groups -OCH3 is 2. The molecule has 29 heavy (non-hydrogen) atoms. The zero-order valence-corrected chi connectivity index (χ0v) is 15.9.